The summed E-state index contributed by atoms with van der Waals surface area (Å²) in [5.74, 6) is -1.94. The van der Waals surface area contributed by atoms with E-state index in [2.05, 4.69) is 10.3 Å². The molecule has 0 saturated heterocycles. The first-order valence-corrected chi connectivity index (χ1v) is 5.59. The van der Waals surface area contributed by atoms with Gasteiger partial charge in [-0.2, -0.15) is 0 Å². The largest absolute Gasteiger partial charge is 0.505 e. The van der Waals surface area contributed by atoms with Gasteiger partial charge in [-0.1, -0.05) is 13.8 Å². The summed E-state index contributed by atoms with van der Waals surface area (Å²) < 4.78 is 0. The van der Waals surface area contributed by atoms with Crippen molar-refractivity contribution in [3.05, 3.63) is 24.0 Å². The summed E-state index contributed by atoms with van der Waals surface area (Å²) in [6, 6.07) is 1.81. The number of carbonyl (C=O) groups excluding carboxylic acids is 1. The Kier molecular flexibility index (Phi) is 4.65. The highest BCUT2D eigenvalue weighted by Crippen LogP contribution is 2.13. The molecule has 0 spiro atoms. The molecule has 98 valence electrons. The minimum Gasteiger partial charge on any atom is -0.505 e. The van der Waals surface area contributed by atoms with Crippen molar-refractivity contribution in [3.63, 3.8) is 0 Å². The van der Waals surface area contributed by atoms with Gasteiger partial charge >= 0.3 is 5.97 Å². The van der Waals surface area contributed by atoms with Crippen LogP contribution in [0, 0.1) is 5.92 Å². The molecule has 1 heterocycles. The zero-order valence-corrected chi connectivity index (χ0v) is 10.3. The number of carboxylic acids is 1. The minimum atomic E-state index is -1.10. The van der Waals surface area contributed by atoms with Crippen LogP contribution in [0.3, 0.4) is 0 Å². The first-order chi connectivity index (χ1) is 8.41. The molecule has 0 fully saturated rings. The number of aliphatic carboxylic acids is 1. The lowest BCUT2D eigenvalue weighted by atomic mass is 10.0. The van der Waals surface area contributed by atoms with Crippen molar-refractivity contribution in [2.45, 2.75) is 26.3 Å². The Labute approximate surface area is 105 Å². The third kappa shape index (κ3) is 3.73. The second-order valence-corrected chi connectivity index (χ2v) is 4.36. The molecule has 1 aromatic heterocycles. The number of pyridine rings is 1. The molecular weight excluding hydrogens is 236 g/mol. The lowest BCUT2D eigenvalue weighted by Gasteiger charge is -2.16. The summed E-state index contributed by atoms with van der Waals surface area (Å²) >= 11 is 0. The van der Waals surface area contributed by atoms with E-state index >= 15 is 0 Å². The van der Waals surface area contributed by atoms with Crippen molar-refractivity contribution in [2.24, 2.45) is 5.92 Å². The predicted octanol–water partition coefficient (Wildman–Crippen LogP) is 1.02. The highest BCUT2D eigenvalue weighted by atomic mass is 16.4. The van der Waals surface area contributed by atoms with Crippen LogP contribution in [0.5, 0.6) is 5.75 Å². The van der Waals surface area contributed by atoms with Gasteiger partial charge in [0.1, 0.15) is 11.8 Å². The average Bonchev–Trinajstić information content (AvgIpc) is 2.27. The van der Waals surface area contributed by atoms with Crippen molar-refractivity contribution in [2.75, 3.05) is 0 Å². The smallest absolute Gasteiger partial charge is 0.326 e. The Morgan fingerprint density at radius 2 is 2.11 bits per heavy atom. The van der Waals surface area contributed by atoms with Crippen molar-refractivity contribution in [1.29, 1.82) is 0 Å². The number of carbonyl (C=O) groups is 2. The van der Waals surface area contributed by atoms with E-state index in [1.807, 2.05) is 13.8 Å². The first-order valence-electron chi connectivity index (χ1n) is 5.59. The Balaban J connectivity index is 2.79. The predicted molar refractivity (Wildman–Crippen MR) is 64.2 cm³/mol. The van der Waals surface area contributed by atoms with Gasteiger partial charge in [0.05, 0.1) is 0 Å². The fourth-order valence-corrected chi connectivity index (χ4v) is 1.49. The molecule has 3 N–H and O–H groups in total. The van der Waals surface area contributed by atoms with Crippen LogP contribution in [-0.2, 0) is 4.79 Å². The van der Waals surface area contributed by atoms with Crippen LogP contribution in [0.1, 0.15) is 30.8 Å². The molecule has 18 heavy (non-hydrogen) atoms. The Hall–Kier alpha value is -2.11. The normalized spacial score (nSPS) is 12.2. The number of aromatic hydroxyl groups is 1. The Morgan fingerprint density at radius 1 is 1.44 bits per heavy atom. The molecule has 1 rings (SSSR count). The molecule has 1 aromatic rings. The molecule has 0 bridgehead atoms. The number of aromatic nitrogens is 1. The summed E-state index contributed by atoms with van der Waals surface area (Å²) in [5.41, 5.74) is -0.174. The van der Waals surface area contributed by atoms with Crippen LogP contribution in [-0.4, -0.2) is 33.1 Å². The van der Waals surface area contributed by atoms with E-state index in [1.54, 1.807) is 0 Å². The molecule has 0 aliphatic rings. The summed E-state index contributed by atoms with van der Waals surface area (Å²) in [6.45, 7) is 3.72. The topological polar surface area (TPSA) is 99.5 Å². The zero-order valence-electron chi connectivity index (χ0n) is 10.3. The van der Waals surface area contributed by atoms with E-state index in [4.69, 9.17) is 5.11 Å². The van der Waals surface area contributed by atoms with Crippen molar-refractivity contribution in [1.82, 2.24) is 10.3 Å². The number of amides is 1. The summed E-state index contributed by atoms with van der Waals surface area (Å²) in [6.07, 6.45) is 1.67. The van der Waals surface area contributed by atoms with Gasteiger partial charge in [0.25, 0.3) is 5.91 Å². The molecular formula is C12H16N2O4. The van der Waals surface area contributed by atoms with Crippen LogP contribution in [0.2, 0.25) is 0 Å². The van der Waals surface area contributed by atoms with Crippen molar-refractivity contribution in [3.8, 4) is 5.75 Å². The maximum Gasteiger partial charge on any atom is 0.326 e. The fraction of sp³-hybridized carbons (Fsp3) is 0.417. The maximum atomic E-state index is 11.8. The van der Waals surface area contributed by atoms with Crippen LogP contribution < -0.4 is 5.32 Å². The Morgan fingerprint density at radius 3 is 2.61 bits per heavy atom. The second kappa shape index (κ2) is 6.00. The number of hydrogen-bond acceptors (Lipinski definition) is 4. The van der Waals surface area contributed by atoms with Crippen LogP contribution >= 0.6 is 0 Å². The second-order valence-electron chi connectivity index (χ2n) is 4.36. The summed E-state index contributed by atoms with van der Waals surface area (Å²) in [7, 11) is 0. The van der Waals surface area contributed by atoms with E-state index in [0.29, 0.717) is 6.42 Å². The summed E-state index contributed by atoms with van der Waals surface area (Å²) in [4.78, 5) is 26.5. The molecule has 1 amide bonds. The quantitative estimate of drug-likeness (QED) is 0.726. The maximum absolute atomic E-state index is 11.8. The van der Waals surface area contributed by atoms with E-state index in [1.165, 1.54) is 18.3 Å². The molecule has 6 heteroatoms. The lowest BCUT2D eigenvalue weighted by Crippen LogP contribution is -2.41. The van der Waals surface area contributed by atoms with Crippen LogP contribution in [0.25, 0.3) is 0 Å². The van der Waals surface area contributed by atoms with Crippen LogP contribution in [0.15, 0.2) is 18.3 Å². The van der Waals surface area contributed by atoms with Crippen molar-refractivity contribution < 1.29 is 19.8 Å². The molecule has 6 nitrogen and oxygen atoms in total. The molecule has 0 aliphatic carbocycles. The number of nitrogens with one attached hydrogen (secondary N) is 1. The lowest BCUT2D eigenvalue weighted by molar-refractivity contribution is -0.139. The monoisotopic (exact) mass is 252 g/mol. The van der Waals surface area contributed by atoms with Gasteiger partial charge < -0.3 is 15.5 Å². The minimum absolute atomic E-state index is 0.128. The molecule has 0 aromatic carbocycles. The van der Waals surface area contributed by atoms with Gasteiger partial charge in [0, 0.05) is 6.20 Å². The first kappa shape index (κ1) is 14.0. The van der Waals surface area contributed by atoms with E-state index in [9.17, 15) is 14.7 Å². The van der Waals surface area contributed by atoms with E-state index in [-0.39, 0.29) is 17.4 Å². The molecule has 0 saturated carbocycles. The highest BCUT2D eigenvalue weighted by molar-refractivity contribution is 5.97. The fourth-order valence-electron chi connectivity index (χ4n) is 1.49. The van der Waals surface area contributed by atoms with Gasteiger partial charge in [-0.15, -0.1) is 0 Å². The molecule has 1 atom stereocenters. The number of hydrogen-bond donors (Lipinski definition) is 3. The number of nitrogens with zero attached hydrogens (tertiary/aromatic N) is 1. The standard InChI is InChI=1S/C12H16N2O4/c1-7(2)6-8(12(17)18)14-11(16)10-9(15)4-3-5-13-10/h3-5,7-8,15H,6H2,1-2H3,(H,14,16)(H,17,18)/t8-/m0/s1. The third-order valence-corrected chi connectivity index (χ3v) is 2.31. The Bertz CT molecular complexity index is 445. The van der Waals surface area contributed by atoms with Gasteiger partial charge in [0.2, 0.25) is 0 Å². The highest BCUT2D eigenvalue weighted by Gasteiger charge is 2.23. The SMILES string of the molecule is CC(C)C[C@H](NC(=O)c1ncccc1O)C(=O)O. The molecule has 0 unspecified atom stereocenters. The number of carboxylic acid groups (broad SMARTS) is 1. The third-order valence-electron chi connectivity index (χ3n) is 2.31. The molecule has 0 radical (unpaired) electrons. The van der Waals surface area contributed by atoms with E-state index in [0.717, 1.165) is 0 Å². The summed E-state index contributed by atoms with van der Waals surface area (Å²) in [5, 5.41) is 20.8. The van der Waals surface area contributed by atoms with Gasteiger partial charge in [-0.25, -0.2) is 9.78 Å². The number of rotatable bonds is 5. The van der Waals surface area contributed by atoms with E-state index < -0.39 is 17.9 Å². The van der Waals surface area contributed by atoms with Crippen LogP contribution in [0.4, 0.5) is 0 Å². The zero-order chi connectivity index (χ0) is 13.7. The average molecular weight is 252 g/mol. The van der Waals surface area contributed by atoms with Gasteiger partial charge in [0.15, 0.2) is 5.69 Å². The molecule has 0 aliphatic heterocycles. The van der Waals surface area contributed by atoms with Crippen molar-refractivity contribution >= 4 is 11.9 Å². The van der Waals surface area contributed by atoms with Gasteiger partial charge in [-0.3, -0.25) is 4.79 Å². The van der Waals surface area contributed by atoms with Gasteiger partial charge in [-0.05, 0) is 24.5 Å².